The van der Waals surface area contributed by atoms with Crippen LogP contribution < -0.4 is 5.32 Å². The minimum absolute atomic E-state index is 0.229. The average Bonchev–Trinajstić information content (AvgIpc) is 2.46. The number of para-hydroxylation sites is 1. The van der Waals surface area contributed by atoms with Gasteiger partial charge in [-0.3, -0.25) is 4.98 Å². The Labute approximate surface area is 138 Å². The molecule has 0 unspecified atom stereocenters. The summed E-state index contributed by atoms with van der Waals surface area (Å²) in [5.41, 5.74) is 2.38. The van der Waals surface area contributed by atoms with Gasteiger partial charge in [0.1, 0.15) is 5.82 Å². The molecule has 0 aliphatic heterocycles. The molecule has 0 aliphatic carbocycles. The quantitative estimate of drug-likeness (QED) is 0.616. The summed E-state index contributed by atoms with van der Waals surface area (Å²) in [5, 5.41) is 4.28. The van der Waals surface area contributed by atoms with E-state index in [9.17, 15) is 4.39 Å². The Morgan fingerprint density at radius 1 is 1.05 bits per heavy atom. The molecule has 106 valence electrons. The van der Waals surface area contributed by atoms with Crippen LogP contribution in [0.2, 0.25) is 0 Å². The summed E-state index contributed by atoms with van der Waals surface area (Å²) < 4.78 is 15.5. The smallest absolute Gasteiger partial charge is 0.129 e. The van der Waals surface area contributed by atoms with Gasteiger partial charge in [0.2, 0.25) is 0 Å². The number of fused-ring (bicyclic) bond motifs is 1. The molecule has 21 heavy (non-hydrogen) atoms. The number of nitrogens with one attached hydrogen (secondary N) is 1. The SMILES string of the molecule is Fc1cc(Br)ccc1CNc1cccc2cc(Br)cnc12. The van der Waals surface area contributed by atoms with Crippen molar-refractivity contribution in [2.75, 3.05) is 5.32 Å². The first kappa shape index (κ1) is 14.5. The van der Waals surface area contributed by atoms with Crippen molar-refractivity contribution in [3.63, 3.8) is 0 Å². The summed E-state index contributed by atoms with van der Waals surface area (Å²) in [7, 11) is 0. The third kappa shape index (κ3) is 3.24. The highest BCUT2D eigenvalue weighted by molar-refractivity contribution is 9.10. The van der Waals surface area contributed by atoms with Crippen LogP contribution in [-0.2, 0) is 6.54 Å². The number of anilines is 1. The van der Waals surface area contributed by atoms with Gasteiger partial charge < -0.3 is 5.32 Å². The Bertz CT molecular complexity index is 805. The fourth-order valence-corrected chi connectivity index (χ4v) is 2.81. The van der Waals surface area contributed by atoms with E-state index in [1.165, 1.54) is 6.07 Å². The Balaban J connectivity index is 1.88. The molecule has 2 nitrogen and oxygen atoms in total. The molecule has 1 heterocycles. The van der Waals surface area contributed by atoms with Crippen LogP contribution in [0.25, 0.3) is 10.9 Å². The Morgan fingerprint density at radius 3 is 2.71 bits per heavy atom. The lowest BCUT2D eigenvalue weighted by molar-refractivity contribution is 0.612. The van der Waals surface area contributed by atoms with E-state index in [2.05, 4.69) is 42.2 Å². The Morgan fingerprint density at radius 2 is 1.90 bits per heavy atom. The third-order valence-corrected chi connectivity index (χ3v) is 4.09. The van der Waals surface area contributed by atoms with Crippen molar-refractivity contribution in [3.05, 3.63) is 69.0 Å². The minimum Gasteiger partial charge on any atom is -0.379 e. The predicted octanol–water partition coefficient (Wildman–Crippen LogP) is 5.51. The summed E-state index contributed by atoms with van der Waals surface area (Å²) in [4.78, 5) is 4.42. The maximum Gasteiger partial charge on any atom is 0.129 e. The van der Waals surface area contributed by atoms with E-state index in [4.69, 9.17) is 0 Å². The normalized spacial score (nSPS) is 10.8. The standard InChI is InChI=1S/C16H11Br2FN2/c17-12-5-4-11(14(19)7-12)8-20-15-3-1-2-10-6-13(18)9-21-16(10)15/h1-7,9,20H,8H2. The first-order chi connectivity index (χ1) is 10.1. The number of hydrogen-bond acceptors (Lipinski definition) is 2. The topological polar surface area (TPSA) is 24.9 Å². The highest BCUT2D eigenvalue weighted by Crippen LogP contribution is 2.25. The van der Waals surface area contributed by atoms with Gasteiger partial charge >= 0.3 is 0 Å². The first-order valence-corrected chi connectivity index (χ1v) is 7.94. The van der Waals surface area contributed by atoms with Gasteiger partial charge in [0.15, 0.2) is 0 Å². The zero-order valence-corrected chi connectivity index (χ0v) is 14.1. The van der Waals surface area contributed by atoms with E-state index in [0.29, 0.717) is 12.1 Å². The van der Waals surface area contributed by atoms with Gasteiger partial charge in [-0.1, -0.05) is 34.1 Å². The summed E-state index contributed by atoms with van der Waals surface area (Å²) in [6.45, 7) is 0.413. The summed E-state index contributed by atoms with van der Waals surface area (Å²) in [6, 6.07) is 13.0. The van der Waals surface area contributed by atoms with E-state index < -0.39 is 0 Å². The molecule has 3 rings (SSSR count). The van der Waals surface area contributed by atoms with Gasteiger partial charge in [-0.15, -0.1) is 0 Å². The lowest BCUT2D eigenvalue weighted by Gasteiger charge is -2.10. The molecular weight excluding hydrogens is 399 g/mol. The number of aromatic nitrogens is 1. The van der Waals surface area contributed by atoms with Crippen LogP contribution in [0.15, 0.2) is 57.6 Å². The zero-order chi connectivity index (χ0) is 14.8. The molecule has 1 aromatic heterocycles. The van der Waals surface area contributed by atoms with Crippen LogP contribution >= 0.6 is 31.9 Å². The second kappa shape index (κ2) is 6.12. The number of pyridine rings is 1. The van der Waals surface area contributed by atoms with Gasteiger partial charge in [0.25, 0.3) is 0 Å². The maximum atomic E-state index is 13.8. The van der Waals surface area contributed by atoms with Crippen LogP contribution in [0, 0.1) is 5.82 Å². The Hall–Kier alpha value is -1.46. The van der Waals surface area contributed by atoms with Crippen molar-refractivity contribution in [2.45, 2.75) is 6.54 Å². The predicted molar refractivity (Wildman–Crippen MR) is 90.9 cm³/mol. The van der Waals surface area contributed by atoms with E-state index in [0.717, 1.165) is 25.5 Å². The molecule has 1 N–H and O–H groups in total. The monoisotopic (exact) mass is 408 g/mol. The van der Waals surface area contributed by atoms with Crippen LogP contribution in [0.3, 0.4) is 0 Å². The Kier molecular flexibility index (Phi) is 4.22. The molecule has 0 saturated carbocycles. The molecule has 0 saturated heterocycles. The molecule has 0 amide bonds. The van der Waals surface area contributed by atoms with Gasteiger partial charge in [0, 0.05) is 32.6 Å². The van der Waals surface area contributed by atoms with E-state index >= 15 is 0 Å². The van der Waals surface area contributed by atoms with Crippen LogP contribution in [-0.4, -0.2) is 4.98 Å². The van der Waals surface area contributed by atoms with Crippen LogP contribution in [0.5, 0.6) is 0 Å². The van der Waals surface area contributed by atoms with Gasteiger partial charge in [-0.2, -0.15) is 0 Å². The first-order valence-electron chi connectivity index (χ1n) is 6.35. The highest BCUT2D eigenvalue weighted by Gasteiger charge is 2.06. The fourth-order valence-electron chi connectivity index (χ4n) is 2.13. The van der Waals surface area contributed by atoms with Crippen molar-refractivity contribution in [3.8, 4) is 0 Å². The number of nitrogens with zero attached hydrogens (tertiary/aromatic N) is 1. The minimum atomic E-state index is -0.229. The molecule has 0 radical (unpaired) electrons. The average molecular weight is 410 g/mol. The van der Waals surface area contributed by atoms with Crippen molar-refractivity contribution >= 4 is 48.5 Å². The van der Waals surface area contributed by atoms with E-state index in [-0.39, 0.29) is 5.82 Å². The molecule has 0 spiro atoms. The number of hydrogen-bond donors (Lipinski definition) is 1. The van der Waals surface area contributed by atoms with Crippen molar-refractivity contribution < 1.29 is 4.39 Å². The van der Waals surface area contributed by atoms with Crippen molar-refractivity contribution in [2.24, 2.45) is 0 Å². The van der Waals surface area contributed by atoms with Crippen molar-refractivity contribution in [1.82, 2.24) is 4.98 Å². The second-order valence-corrected chi connectivity index (χ2v) is 6.45. The van der Waals surface area contributed by atoms with Gasteiger partial charge in [0.05, 0.1) is 11.2 Å². The van der Waals surface area contributed by atoms with Gasteiger partial charge in [-0.25, -0.2) is 4.39 Å². The van der Waals surface area contributed by atoms with Crippen LogP contribution in [0.1, 0.15) is 5.56 Å². The third-order valence-electron chi connectivity index (χ3n) is 3.16. The molecule has 0 aliphatic rings. The second-order valence-electron chi connectivity index (χ2n) is 4.62. The molecular formula is C16H11Br2FN2. The highest BCUT2D eigenvalue weighted by atomic mass is 79.9. The number of rotatable bonds is 3. The van der Waals surface area contributed by atoms with Crippen molar-refractivity contribution in [1.29, 1.82) is 0 Å². The van der Waals surface area contributed by atoms with E-state index in [1.807, 2.05) is 30.3 Å². The molecule has 3 aromatic rings. The summed E-state index contributed by atoms with van der Waals surface area (Å²) in [6.07, 6.45) is 1.76. The van der Waals surface area contributed by atoms with Crippen LogP contribution in [0.4, 0.5) is 10.1 Å². The lowest BCUT2D eigenvalue weighted by Crippen LogP contribution is -2.02. The van der Waals surface area contributed by atoms with Gasteiger partial charge in [-0.05, 0) is 40.2 Å². The number of halogens is 3. The lowest BCUT2D eigenvalue weighted by atomic mass is 10.1. The maximum absolute atomic E-state index is 13.8. The molecule has 0 atom stereocenters. The summed E-state index contributed by atoms with van der Waals surface area (Å²) in [5.74, 6) is -0.229. The fraction of sp³-hybridized carbons (Fsp3) is 0.0625. The molecule has 5 heteroatoms. The zero-order valence-electron chi connectivity index (χ0n) is 10.9. The van der Waals surface area contributed by atoms with E-state index in [1.54, 1.807) is 12.3 Å². The molecule has 2 aromatic carbocycles. The largest absolute Gasteiger partial charge is 0.379 e. The molecule has 0 bridgehead atoms. The molecule has 0 fully saturated rings. The number of benzene rings is 2. The summed E-state index contributed by atoms with van der Waals surface area (Å²) >= 11 is 6.67.